The molecule has 14 nitrogen and oxygen atoms in total. The molecule has 0 saturated heterocycles. The molecular weight excluding hydrogens is 454 g/mol. The zero-order valence-corrected chi connectivity index (χ0v) is 19.0. The van der Waals surface area contributed by atoms with Crippen molar-refractivity contribution in [3.05, 3.63) is 18.2 Å². The summed E-state index contributed by atoms with van der Waals surface area (Å²) in [4.78, 5) is 59.4. The summed E-state index contributed by atoms with van der Waals surface area (Å²) >= 11 is 4.06. The molecule has 1 heterocycles. The number of aliphatic imine (C=N–C) groups is 1. The largest absolute Gasteiger partial charge is 0.480 e. The van der Waals surface area contributed by atoms with E-state index >= 15 is 0 Å². The van der Waals surface area contributed by atoms with Crippen LogP contribution in [0.25, 0.3) is 0 Å². The Bertz CT molecular complexity index is 827. The lowest BCUT2D eigenvalue weighted by Gasteiger charge is -2.24. The second-order valence-corrected chi connectivity index (χ2v) is 7.59. The van der Waals surface area contributed by atoms with Gasteiger partial charge in [0.2, 0.25) is 17.7 Å². The van der Waals surface area contributed by atoms with E-state index in [1.54, 1.807) is 0 Å². The number of carbonyl (C=O) groups is 4. The van der Waals surface area contributed by atoms with Gasteiger partial charge in [0.05, 0.1) is 12.4 Å². The van der Waals surface area contributed by atoms with E-state index in [-0.39, 0.29) is 31.1 Å². The van der Waals surface area contributed by atoms with E-state index in [9.17, 15) is 24.3 Å². The summed E-state index contributed by atoms with van der Waals surface area (Å²) in [5.41, 5.74) is 16.6. The number of thiol groups is 1. The first-order valence-electron chi connectivity index (χ1n) is 10.1. The van der Waals surface area contributed by atoms with Crippen LogP contribution in [-0.2, 0) is 25.6 Å². The van der Waals surface area contributed by atoms with Crippen LogP contribution in [0.5, 0.6) is 0 Å². The van der Waals surface area contributed by atoms with E-state index in [0.717, 1.165) is 0 Å². The molecule has 1 aromatic heterocycles. The molecule has 1 rings (SSSR count). The Hall–Kier alpha value is -3.33. The zero-order chi connectivity index (χ0) is 25.0. The highest BCUT2D eigenvalue weighted by molar-refractivity contribution is 7.80. The van der Waals surface area contributed by atoms with Gasteiger partial charge in [-0.05, 0) is 19.8 Å². The number of nitrogens with zero attached hydrogens (tertiary/aromatic N) is 2. The summed E-state index contributed by atoms with van der Waals surface area (Å²) in [7, 11) is 0. The molecular formula is C18H31N9O5S. The number of aliphatic carboxylic acids is 1. The number of aromatic amines is 1. The van der Waals surface area contributed by atoms with Gasteiger partial charge in [0.15, 0.2) is 5.96 Å². The number of hydrogen-bond donors (Lipinski definition) is 9. The van der Waals surface area contributed by atoms with Gasteiger partial charge in [-0.3, -0.25) is 19.4 Å². The van der Waals surface area contributed by atoms with E-state index in [0.29, 0.717) is 12.1 Å². The van der Waals surface area contributed by atoms with Crippen molar-refractivity contribution in [1.29, 1.82) is 0 Å². The highest BCUT2D eigenvalue weighted by atomic mass is 32.1. The maximum atomic E-state index is 12.9. The maximum Gasteiger partial charge on any atom is 0.326 e. The van der Waals surface area contributed by atoms with Crippen LogP contribution in [0.1, 0.15) is 25.5 Å². The summed E-state index contributed by atoms with van der Waals surface area (Å²) in [6, 6.07) is -4.30. The molecule has 0 bridgehead atoms. The second kappa shape index (κ2) is 13.9. The van der Waals surface area contributed by atoms with Crippen LogP contribution < -0.4 is 33.2 Å². The summed E-state index contributed by atoms with van der Waals surface area (Å²) in [6.07, 6.45) is 3.20. The first-order valence-corrected chi connectivity index (χ1v) is 10.7. The number of carboxylic acid groups (broad SMARTS) is 1. The maximum absolute atomic E-state index is 12.9. The number of hydrogen-bond acceptors (Lipinski definition) is 8. The number of H-pyrrole nitrogens is 1. The Kier molecular flexibility index (Phi) is 11.7. The van der Waals surface area contributed by atoms with E-state index in [2.05, 4.69) is 43.5 Å². The van der Waals surface area contributed by atoms with Gasteiger partial charge in [-0.2, -0.15) is 12.6 Å². The molecule has 4 atom stereocenters. The average molecular weight is 486 g/mol. The number of imidazole rings is 1. The number of amides is 3. The van der Waals surface area contributed by atoms with Crippen molar-refractivity contribution in [3.8, 4) is 0 Å². The average Bonchev–Trinajstić information content (AvgIpc) is 3.25. The van der Waals surface area contributed by atoms with E-state index < -0.39 is 47.9 Å². The number of rotatable bonds is 14. The van der Waals surface area contributed by atoms with Gasteiger partial charge in [-0.15, -0.1) is 0 Å². The predicted octanol–water partition coefficient (Wildman–Crippen LogP) is -3.18. The number of guanidine groups is 1. The molecule has 0 spiro atoms. The van der Waals surface area contributed by atoms with E-state index in [1.165, 1.54) is 19.4 Å². The Labute approximate surface area is 195 Å². The van der Waals surface area contributed by atoms with Crippen LogP contribution in [0.4, 0.5) is 0 Å². The van der Waals surface area contributed by atoms with Crippen molar-refractivity contribution in [2.75, 3.05) is 12.3 Å². The van der Waals surface area contributed by atoms with Gasteiger partial charge in [0, 0.05) is 30.6 Å². The smallest absolute Gasteiger partial charge is 0.326 e. The normalized spacial score (nSPS) is 14.3. The Morgan fingerprint density at radius 2 is 1.73 bits per heavy atom. The molecule has 33 heavy (non-hydrogen) atoms. The predicted molar refractivity (Wildman–Crippen MR) is 123 cm³/mol. The molecule has 0 aliphatic heterocycles. The molecule has 4 unspecified atom stereocenters. The molecule has 0 radical (unpaired) electrons. The highest BCUT2D eigenvalue weighted by Gasteiger charge is 2.29. The van der Waals surface area contributed by atoms with E-state index in [4.69, 9.17) is 17.2 Å². The molecule has 3 amide bonds. The topological polar surface area (TPSA) is 244 Å². The summed E-state index contributed by atoms with van der Waals surface area (Å²) in [5, 5.41) is 16.9. The lowest BCUT2D eigenvalue weighted by Crippen LogP contribution is -2.57. The van der Waals surface area contributed by atoms with Crippen LogP contribution in [-0.4, -0.2) is 81.2 Å². The third-order valence-electron chi connectivity index (χ3n) is 4.40. The van der Waals surface area contributed by atoms with Crippen LogP contribution in [0.2, 0.25) is 0 Å². The zero-order valence-electron chi connectivity index (χ0n) is 18.2. The van der Waals surface area contributed by atoms with Gasteiger partial charge < -0.3 is 43.2 Å². The third-order valence-corrected chi connectivity index (χ3v) is 4.77. The third kappa shape index (κ3) is 10.2. The van der Waals surface area contributed by atoms with Gasteiger partial charge in [0.1, 0.15) is 18.1 Å². The van der Waals surface area contributed by atoms with Crippen LogP contribution >= 0.6 is 12.6 Å². The number of carbonyl (C=O) groups excluding carboxylic acids is 3. The summed E-state index contributed by atoms with van der Waals surface area (Å²) in [5.74, 6) is -3.41. The quantitative estimate of drug-likeness (QED) is 0.0557. The molecule has 0 aromatic carbocycles. The standard InChI is InChI=1S/C18H31N9O5S/c1-9(19)14(28)27-13(7-33)16(30)25-11(3-2-4-23-18(20)21)15(29)26-12(17(31)32)5-10-6-22-8-24-10/h6,8-9,11-13,33H,2-5,7,19H2,1H3,(H,22,24)(H,25,30)(H,26,29)(H,27,28)(H,31,32)(H4,20,21,23). The Morgan fingerprint density at radius 3 is 2.24 bits per heavy atom. The van der Waals surface area contributed by atoms with Crippen molar-refractivity contribution in [2.24, 2.45) is 22.2 Å². The van der Waals surface area contributed by atoms with Crippen molar-refractivity contribution in [2.45, 2.75) is 50.4 Å². The minimum Gasteiger partial charge on any atom is -0.480 e. The SMILES string of the molecule is CC(N)C(=O)NC(CS)C(=O)NC(CCCN=C(N)N)C(=O)NC(Cc1cnc[nH]1)C(=O)O. The van der Waals surface area contributed by atoms with E-state index in [1.807, 2.05) is 0 Å². The van der Waals surface area contributed by atoms with Crippen LogP contribution in [0, 0.1) is 0 Å². The molecule has 11 N–H and O–H groups in total. The fourth-order valence-corrected chi connectivity index (χ4v) is 2.89. The van der Waals surface area contributed by atoms with Gasteiger partial charge in [-0.1, -0.05) is 0 Å². The van der Waals surface area contributed by atoms with Crippen LogP contribution in [0.3, 0.4) is 0 Å². The van der Waals surface area contributed by atoms with Crippen molar-refractivity contribution in [3.63, 3.8) is 0 Å². The molecule has 184 valence electrons. The molecule has 0 aliphatic rings. The molecule has 0 fully saturated rings. The van der Waals surface area contributed by atoms with Gasteiger partial charge in [-0.25, -0.2) is 9.78 Å². The number of aromatic nitrogens is 2. The number of nitrogens with two attached hydrogens (primary N) is 3. The highest BCUT2D eigenvalue weighted by Crippen LogP contribution is 2.04. The fraction of sp³-hybridized carbons (Fsp3) is 0.556. The fourth-order valence-electron chi connectivity index (χ4n) is 2.63. The first-order chi connectivity index (χ1) is 15.5. The van der Waals surface area contributed by atoms with Crippen molar-refractivity contribution < 1.29 is 24.3 Å². The number of nitrogens with one attached hydrogen (secondary N) is 4. The monoisotopic (exact) mass is 485 g/mol. The number of carboxylic acids is 1. The molecule has 1 aromatic rings. The van der Waals surface area contributed by atoms with Crippen molar-refractivity contribution in [1.82, 2.24) is 25.9 Å². The lowest BCUT2D eigenvalue weighted by molar-refractivity contribution is -0.142. The minimum absolute atomic E-state index is 0.0422. The molecule has 0 saturated carbocycles. The Balaban J connectivity index is 2.92. The lowest BCUT2D eigenvalue weighted by atomic mass is 10.1. The van der Waals surface area contributed by atoms with Crippen molar-refractivity contribution >= 4 is 42.3 Å². The second-order valence-electron chi connectivity index (χ2n) is 7.22. The van der Waals surface area contributed by atoms with Gasteiger partial charge in [0.25, 0.3) is 0 Å². The first kappa shape index (κ1) is 27.7. The Morgan fingerprint density at radius 1 is 1.12 bits per heavy atom. The molecule has 0 aliphatic carbocycles. The van der Waals surface area contributed by atoms with Gasteiger partial charge >= 0.3 is 5.97 Å². The summed E-state index contributed by atoms with van der Waals surface area (Å²) in [6.45, 7) is 1.64. The van der Waals surface area contributed by atoms with Crippen LogP contribution in [0.15, 0.2) is 17.5 Å². The minimum atomic E-state index is -1.27. The molecule has 15 heteroatoms. The summed E-state index contributed by atoms with van der Waals surface area (Å²) < 4.78 is 0.